The molecule has 8 nitrogen and oxygen atoms in total. The molecule has 0 unspecified atom stereocenters. The summed E-state index contributed by atoms with van der Waals surface area (Å²) in [4.78, 5) is 18.3. The van der Waals surface area contributed by atoms with Gasteiger partial charge in [-0.2, -0.15) is 0 Å². The molecule has 9 heteroatoms. The van der Waals surface area contributed by atoms with Crippen LogP contribution in [0.25, 0.3) is 5.69 Å². The van der Waals surface area contributed by atoms with Gasteiger partial charge < -0.3 is 19.5 Å². The maximum absolute atomic E-state index is 11.9. The van der Waals surface area contributed by atoms with Crippen molar-refractivity contribution in [3.63, 3.8) is 0 Å². The molecule has 3 aromatic rings. The number of aryl methyl sites for hydroxylation is 1. The molecule has 2 aromatic heterocycles. The Morgan fingerprint density at radius 2 is 1.97 bits per heavy atom. The monoisotopic (exact) mass is 465 g/mol. The van der Waals surface area contributed by atoms with Gasteiger partial charge in [0.1, 0.15) is 11.4 Å². The van der Waals surface area contributed by atoms with Crippen molar-refractivity contribution in [1.82, 2.24) is 19.8 Å². The molecule has 1 aliphatic rings. The summed E-state index contributed by atoms with van der Waals surface area (Å²) in [6, 6.07) is 12.8. The molecule has 0 bridgehead atoms. The molecule has 1 aromatic carbocycles. The number of hydrogen-bond donors (Lipinski definition) is 1. The maximum atomic E-state index is 11.9. The van der Waals surface area contributed by atoms with Gasteiger partial charge in [-0.25, -0.2) is 0 Å². The number of benzene rings is 1. The van der Waals surface area contributed by atoms with E-state index in [0.717, 1.165) is 22.6 Å². The van der Waals surface area contributed by atoms with E-state index in [-0.39, 0.29) is 28.7 Å². The summed E-state index contributed by atoms with van der Waals surface area (Å²) >= 11 is 5.71. The first-order chi connectivity index (χ1) is 15.7. The fraction of sp³-hybridized carbons (Fsp3) is 0.333. The van der Waals surface area contributed by atoms with Gasteiger partial charge >= 0.3 is 0 Å². The van der Waals surface area contributed by atoms with Crippen LogP contribution >= 0.6 is 12.2 Å². The summed E-state index contributed by atoms with van der Waals surface area (Å²) in [5.74, 6) is 0.444. The first-order valence-electron chi connectivity index (χ1n) is 10.8. The summed E-state index contributed by atoms with van der Waals surface area (Å²) in [7, 11) is 1.50. The van der Waals surface area contributed by atoms with Gasteiger partial charge in [0.15, 0.2) is 5.11 Å². The molecule has 1 aliphatic heterocycles. The number of ether oxygens (including phenoxy) is 1. The van der Waals surface area contributed by atoms with E-state index in [2.05, 4.69) is 35.1 Å². The van der Waals surface area contributed by atoms with Crippen LogP contribution < -0.4 is 10.1 Å². The Morgan fingerprint density at radius 3 is 2.58 bits per heavy atom. The summed E-state index contributed by atoms with van der Waals surface area (Å²) in [5.41, 5.74) is 4.26. The lowest BCUT2D eigenvalue weighted by Gasteiger charge is -2.31. The number of hydrogen-bond acceptors (Lipinski definition) is 5. The number of nitro benzene ring substituents is 1. The van der Waals surface area contributed by atoms with Crippen molar-refractivity contribution in [2.75, 3.05) is 7.11 Å². The average molecular weight is 466 g/mol. The molecular weight excluding hydrogens is 438 g/mol. The Bertz CT molecular complexity index is 1210. The van der Waals surface area contributed by atoms with Crippen molar-refractivity contribution >= 4 is 23.0 Å². The number of nitrogens with zero attached hydrogens (tertiary/aromatic N) is 4. The molecule has 0 saturated carbocycles. The Hall–Kier alpha value is -3.46. The highest BCUT2D eigenvalue weighted by Gasteiger charge is 2.42. The SMILES string of the molecule is COc1ccc(-n2c(C)cc([C@H]3[C@@H](c4ccccn4)NC(=S)N3C(C)C)c2C)c([N+](=O)[O-])c1. The van der Waals surface area contributed by atoms with Crippen LogP contribution in [0.1, 0.15) is 48.6 Å². The zero-order valence-electron chi connectivity index (χ0n) is 19.3. The second-order valence-corrected chi connectivity index (χ2v) is 8.79. The van der Waals surface area contributed by atoms with E-state index in [1.165, 1.54) is 13.2 Å². The van der Waals surface area contributed by atoms with E-state index in [0.29, 0.717) is 16.5 Å². The topological polar surface area (TPSA) is 85.5 Å². The van der Waals surface area contributed by atoms with Gasteiger partial charge in [0, 0.05) is 23.6 Å². The van der Waals surface area contributed by atoms with Crippen LogP contribution in [0, 0.1) is 24.0 Å². The van der Waals surface area contributed by atoms with E-state index < -0.39 is 0 Å². The van der Waals surface area contributed by atoms with Crippen LogP contribution in [0.15, 0.2) is 48.7 Å². The first kappa shape index (κ1) is 22.7. The molecule has 1 N–H and O–H groups in total. The van der Waals surface area contributed by atoms with E-state index in [9.17, 15) is 10.1 Å². The fourth-order valence-corrected chi connectivity index (χ4v) is 5.13. The van der Waals surface area contributed by atoms with Crippen molar-refractivity contribution in [2.45, 2.75) is 45.8 Å². The Kier molecular flexibility index (Phi) is 6.07. The van der Waals surface area contributed by atoms with Crippen LogP contribution in [0.4, 0.5) is 5.69 Å². The summed E-state index contributed by atoms with van der Waals surface area (Å²) in [6.07, 6.45) is 1.78. The Labute approximate surface area is 198 Å². The molecule has 0 spiro atoms. The molecule has 4 rings (SSSR count). The Morgan fingerprint density at radius 1 is 1.21 bits per heavy atom. The molecule has 172 valence electrons. The number of methoxy groups -OCH3 is 1. The number of nitrogens with one attached hydrogen (secondary N) is 1. The molecule has 3 heterocycles. The van der Waals surface area contributed by atoms with Crippen molar-refractivity contribution in [3.05, 3.63) is 81.4 Å². The normalized spacial score (nSPS) is 18.0. The van der Waals surface area contributed by atoms with Gasteiger partial charge in [0.25, 0.3) is 5.69 Å². The summed E-state index contributed by atoms with van der Waals surface area (Å²) in [6.45, 7) is 8.16. The smallest absolute Gasteiger partial charge is 0.296 e. The van der Waals surface area contributed by atoms with Crippen LogP contribution in [0.2, 0.25) is 0 Å². The third kappa shape index (κ3) is 3.93. The van der Waals surface area contributed by atoms with Gasteiger partial charge in [-0.1, -0.05) is 6.07 Å². The zero-order valence-corrected chi connectivity index (χ0v) is 20.1. The molecular formula is C24H27N5O3S. The standard InChI is InChI=1S/C24H27N5O3S/c1-14(2)27-23(22(26-24(27)33)19-8-6-7-11-25-19)18-12-15(3)28(16(18)4)20-10-9-17(32-5)13-21(20)29(30)31/h6-14,22-23H,1-5H3,(H,26,33)/t22-,23+/m1/s1. The number of thiocarbonyl (C=S) groups is 1. The van der Waals surface area contributed by atoms with Gasteiger partial charge in [-0.15, -0.1) is 0 Å². The van der Waals surface area contributed by atoms with Crippen LogP contribution in [-0.4, -0.2) is 37.6 Å². The third-order valence-electron chi connectivity index (χ3n) is 6.10. The second kappa shape index (κ2) is 8.82. The zero-order chi connectivity index (χ0) is 23.9. The number of aromatic nitrogens is 2. The van der Waals surface area contributed by atoms with E-state index in [1.54, 1.807) is 18.3 Å². The highest BCUT2D eigenvalue weighted by atomic mass is 32.1. The molecule has 0 aliphatic carbocycles. The average Bonchev–Trinajstić information content (AvgIpc) is 3.29. The van der Waals surface area contributed by atoms with E-state index in [4.69, 9.17) is 17.0 Å². The van der Waals surface area contributed by atoms with E-state index in [1.807, 2.05) is 36.6 Å². The van der Waals surface area contributed by atoms with Crippen LogP contribution in [0.5, 0.6) is 5.75 Å². The summed E-state index contributed by atoms with van der Waals surface area (Å²) in [5, 5.41) is 16.0. The first-order valence-corrected chi connectivity index (χ1v) is 11.2. The van der Waals surface area contributed by atoms with Gasteiger partial charge in [-0.3, -0.25) is 15.1 Å². The predicted molar refractivity (Wildman–Crippen MR) is 131 cm³/mol. The number of rotatable bonds is 6. The minimum atomic E-state index is -0.375. The highest BCUT2D eigenvalue weighted by molar-refractivity contribution is 7.80. The minimum Gasteiger partial charge on any atom is -0.496 e. The molecule has 0 amide bonds. The number of pyridine rings is 1. The van der Waals surface area contributed by atoms with Crippen LogP contribution in [-0.2, 0) is 0 Å². The predicted octanol–water partition coefficient (Wildman–Crippen LogP) is 4.79. The van der Waals surface area contributed by atoms with Gasteiger partial charge in [-0.05, 0) is 75.8 Å². The maximum Gasteiger partial charge on any atom is 0.296 e. The lowest BCUT2D eigenvalue weighted by atomic mass is 9.96. The Balaban J connectivity index is 1.89. The molecule has 1 saturated heterocycles. The number of nitro groups is 1. The molecule has 33 heavy (non-hydrogen) atoms. The fourth-order valence-electron chi connectivity index (χ4n) is 4.68. The van der Waals surface area contributed by atoms with E-state index >= 15 is 0 Å². The van der Waals surface area contributed by atoms with Crippen molar-refractivity contribution in [1.29, 1.82) is 0 Å². The molecule has 1 fully saturated rings. The molecule has 0 radical (unpaired) electrons. The third-order valence-corrected chi connectivity index (χ3v) is 6.43. The van der Waals surface area contributed by atoms with Crippen molar-refractivity contribution in [3.8, 4) is 11.4 Å². The quantitative estimate of drug-likeness (QED) is 0.318. The summed E-state index contributed by atoms with van der Waals surface area (Å²) < 4.78 is 7.14. The van der Waals surface area contributed by atoms with Gasteiger partial charge in [0.2, 0.25) is 0 Å². The lowest BCUT2D eigenvalue weighted by molar-refractivity contribution is -0.384. The van der Waals surface area contributed by atoms with Crippen LogP contribution in [0.3, 0.4) is 0 Å². The second-order valence-electron chi connectivity index (χ2n) is 8.40. The highest BCUT2D eigenvalue weighted by Crippen LogP contribution is 2.43. The van der Waals surface area contributed by atoms with Crippen molar-refractivity contribution < 1.29 is 9.66 Å². The lowest BCUT2D eigenvalue weighted by Crippen LogP contribution is -2.35. The van der Waals surface area contributed by atoms with Gasteiger partial charge in [0.05, 0.1) is 35.9 Å². The van der Waals surface area contributed by atoms with Crippen molar-refractivity contribution in [2.24, 2.45) is 0 Å². The molecule has 2 atom stereocenters. The minimum absolute atomic E-state index is 0.00948. The largest absolute Gasteiger partial charge is 0.496 e.